The molecule has 0 amide bonds. The Hall–Kier alpha value is -0.640. The molecule has 0 spiro atoms. The van der Waals surface area contributed by atoms with Crippen LogP contribution in [-0.2, 0) is 0 Å². The fourth-order valence-electron chi connectivity index (χ4n) is 2.02. The Bertz CT molecular complexity index is 342. The van der Waals surface area contributed by atoms with E-state index in [1.54, 1.807) is 0 Å². The molecule has 0 bridgehead atoms. The van der Waals surface area contributed by atoms with E-state index in [4.69, 9.17) is 0 Å². The van der Waals surface area contributed by atoms with E-state index in [9.17, 15) is 0 Å². The Labute approximate surface area is 99.0 Å². The van der Waals surface area contributed by atoms with Gasteiger partial charge in [-0.05, 0) is 18.9 Å². The van der Waals surface area contributed by atoms with Gasteiger partial charge in [0.05, 0.1) is 0 Å². The van der Waals surface area contributed by atoms with Crippen LogP contribution in [0.25, 0.3) is 0 Å². The van der Waals surface area contributed by atoms with E-state index < -0.39 is 0 Å². The second-order valence-corrected chi connectivity index (χ2v) is 5.23. The Morgan fingerprint density at radius 2 is 2.33 bits per heavy atom. The third kappa shape index (κ3) is 2.30. The number of rotatable bonds is 2. The Morgan fingerprint density at radius 3 is 2.93 bits per heavy atom. The maximum atomic E-state index is 4.45. The third-order valence-electron chi connectivity index (χ3n) is 2.97. The first-order valence-electron chi connectivity index (χ1n) is 5.39. The van der Waals surface area contributed by atoms with Crippen LogP contribution in [0.1, 0.15) is 19.2 Å². The number of aromatic nitrogens is 2. The van der Waals surface area contributed by atoms with E-state index in [1.807, 2.05) is 19.2 Å². The molecule has 2 rings (SSSR count). The van der Waals surface area contributed by atoms with Crippen LogP contribution < -0.4 is 4.90 Å². The average Bonchev–Trinajstić information content (AvgIpc) is 2.60. The molecule has 15 heavy (non-hydrogen) atoms. The lowest BCUT2D eigenvalue weighted by Gasteiger charge is -2.16. The zero-order valence-corrected chi connectivity index (χ0v) is 10.7. The maximum absolute atomic E-state index is 4.45. The summed E-state index contributed by atoms with van der Waals surface area (Å²) in [5, 5.41) is 0. The number of halogens is 1. The molecule has 2 heterocycles. The molecule has 1 aliphatic heterocycles. The van der Waals surface area contributed by atoms with Crippen molar-refractivity contribution >= 4 is 21.7 Å². The standard InChI is InChI=1S/C11H16BrN3/c1-3-9-6-15(7-10(9)12)11-4-5-13-8(2)14-11/h4-5,9-10H,3,6-7H2,1-2H3. The smallest absolute Gasteiger partial charge is 0.132 e. The van der Waals surface area contributed by atoms with E-state index >= 15 is 0 Å². The van der Waals surface area contributed by atoms with Crippen LogP contribution in [0.5, 0.6) is 0 Å². The lowest BCUT2D eigenvalue weighted by atomic mass is 10.1. The summed E-state index contributed by atoms with van der Waals surface area (Å²) in [6.07, 6.45) is 3.05. The highest BCUT2D eigenvalue weighted by atomic mass is 79.9. The summed E-state index contributed by atoms with van der Waals surface area (Å²) in [6, 6.07) is 1.99. The van der Waals surface area contributed by atoms with Crippen LogP contribution in [0.15, 0.2) is 12.3 Å². The minimum Gasteiger partial charge on any atom is -0.355 e. The van der Waals surface area contributed by atoms with Crippen molar-refractivity contribution in [1.29, 1.82) is 0 Å². The number of anilines is 1. The van der Waals surface area contributed by atoms with Crippen molar-refractivity contribution in [2.45, 2.75) is 25.1 Å². The molecule has 1 aromatic heterocycles. The van der Waals surface area contributed by atoms with E-state index in [0.29, 0.717) is 4.83 Å². The highest BCUT2D eigenvalue weighted by molar-refractivity contribution is 9.09. The molecular formula is C11H16BrN3. The largest absolute Gasteiger partial charge is 0.355 e. The molecule has 1 aromatic rings. The number of alkyl halides is 1. The minimum atomic E-state index is 0.595. The van der Waals surface area contributed by atoms with Crippen molar-refractivity contribution in [2.24, 2.45) is 5.92 Å². The van der Waals surface area contributed by atoms with Crippen molar-refractivity contribution in [1.82, 2.24) is 9.97 Å². The molecule has 2 atom stereocenters. The van der Waals surface area contributed by atoms with Crippen LogP contribution >= 0.6 is 15.9 Å². The molecule has 0 saturated carbocycles. The SMILES string of the molecule is CCC1CN(c2ccnc(C)n2)CC1Br. The lowest BCUT2D eigenvalue weighted by molar-refractivity contribution is 0.585. The van der Waals surface area contributed by atoms with Crippen LogP contribution in [0, 0.1) is 12.8 Å². The van der Waals surface area contributed by atoms with Gasteiger partial charge in [-0.15, -0.1) is 0 Å². The maximum Gasteiger partial charge on any atom is 0.132 e. The van der Waals surface area contributed by atoms with E-state index in [0.717, 1.165) is 30.6 Å². The van der Waals surface area contributed by atoms with Gasteiger partial charge in [-0.3, -0.25) is 0 Å². The van der Waals surface area contributed by atoms with Gasteiger partial charge in [-0.2, -0.15) is 0 Å². The summed E-state index contributed by atoms with van der Waals surface area (Å²) in [5.41, 5.74) is 0. The third-order valence-corrected chi connectivity index (χ3v) is 4.01. The minimum absolute atomic E-state index is 0.595. The summed E-state index contributed by atoms with van der Waals surface area (Å²) in [4.78, 5) is 11.5. The normalized spacial score (nSPS) is 25.9. The summed E-state index contributed by atoms with van der Waals surface area (Å²) in [7, 11) is 0. The Morgan fingerprint density at radius 1 is 1.53 bits per heavy atom. The van der Waals surface area contributed by atoms with Gasteiger partial charge < -0.3 is 4.90 Å². The highest BCUT2D eigenvalue weighted by Crippen LogP contribution is 2.28. The lowest BCUT2D eigenvalue weighted by Crippen LogP contribution is -2.21. The Balaban J connectivity index is 2.13. The summed E-state index contributed by atoms with van der Waals surface area (Å²) in [5.74, 6) is 2.64. The van der Waals surface area contributed by atoms with Crippen LogP contribution in [0.2, 0.25) is 0 Å². The summed E-state index contributed by atoms with van der Waals surface area (Å²) < 4.78 is 0. The van der Waals surface area contributed by atoms with Crippen LogP contribution in [0.4, 0.5) is 5.82 Å². The number of nitrogens with zero attached hydrogens (tertiary/aromatic N) is 3. The fourth-order valence-corrected chi connectivity index (χ4v) is 2.91. The quantitative estimate of drug-likeness (QED) is 0.773. The second-order valence-electron chi connectivity index (χ2n) is 4.05. The van der Waals surface area contributed by atoms with Crippen molar-refractivity contribution in [3.8, 4) is 0 Å². The predicted octanol–water partition coefficient (Wildman–Crippen LogP) is 2.39. The predicted molar refractivity (Wildman–Crippen MR) is 65.5 cm³/mol. The zero-order valence-electron chi connectivity index (χ0n) is 9.15. The number of aryl methyl sites for hydroxylation is 1. The molecule has 0 radical (unpaired) electrons. The van der Waals surface area contributed by atoms with Gasteiger partial charge in [0.25, 0.3) is 0 Å². The van der Waals surface area contributed by atoms with Gasteiger partial charge in [0.1, 0.15) is 11.6 Å². The van der Waals surface area contributed by atoms with Crippen molar-refractivity contribution in [3.63, 3.8) is 0 Å². The molecule has 1 saturated heterocycles. The summed E-state index contributed by atoms with van der Waals surface area (Å²) >= 11 is 3.74. The van der Waals surface area contributed by atoms with Gasteiger partial charge >= 0.3 is 0 Å². The van der Waals surface area contributed by atoms with E-state index in [2.05, 4.69) is 37.7 Å². The van der Waals surface area contributed by atoms with E-state index in [-0.39, 0.29) is 0 Å². The molecule has 1 fully saturated rings. The zero-order chi connectivity index (χ0) is 10.8. The first-order chi connectivity index (χ1) is 7.20. The molecule has 4 heteroatoms. The first-order valence-corrected chi connectivity index (χ1v) is 6.31. The van der Waals surface area contributed by atoms with Gasteiger partial charge in [0.2, 0.25) is 0 Å². The highest BCUT2D eigenvalue weighted by Gasteiger charge is 2.30. The van der Waals surface area contributed by atoms with Gasteiger partial charge in [-0.25, -0.2) is 9.97 Å². The summed E-state index contributed by atoms with van der Waals surface area (Å²) in [6.45, 7) is 6.33. The fraction of sp³-hybridized carbons (Fsp3) is 0.636. The molecule has 2 unspecified atom stereocenters. The molecule has 1 aliphatic rings. The molecule has 0 N–H and O–H groups in total. The molecule has 0 aromatic carbocycles. The average molecular weight is 270 g/mol. The van der Waals surface area contributed by atoms with Gasteiger partial charge in [0, 0.05) is 24.1 Å². The Kier molecular flexibility index (Phi) is 3.24. The number of hydrogen-bond donors (Lipinski definition) is 0. The molecule has 82 valence electrons. The number of hydrogen-bond acceptors (Lipinski definition) is 3. The first kappa shape index (κ1) is 10.9. The second kappa shape index (κ2) is 4.47. The van der Waals surface area contributed by atoms with Gasteiger partial charge in [-0.1, -0.05) is 29.3 Å². The van der Waals surface area contributed by atoms with Crippen molar-refractivity contribution < 1.29 is 0 Å². The van der Waals surface area contributed by atoms with Crippen LogP contribution in [-0.4, -0.2) is 27.9 Å². The van der Waals surface area contributed by atoms with Crippen LogP contribution in [0.3, 0.4) is 0 Å². The topological polar surface area (TPSA) is 29.0 Å². The molecular weight excluding hydrogens is 254 g/mol. The van der Waals surface area contributed by atoms with Crippen molar-refractivity contribution in [3.05, 3.63) is 18.1 Å². The molecule has 0 aliphatic carbocycles. The molecule has 3 nitrogen and oxygen atoms in total. The van der Waals surface area contributed by atoms with Crippen molar-refractivity contribution in [2.75, 3.05) is 18.0 Å². The monoisotopic (exact) mass is 269 g/mol. The van der Waals surface area contributed by atoms with Gasteiger partial charge in [0.15, 0.2) is 0 Å². The van der Waals surface area contributed by atoms with E-state index in [1.165, 1.54) is 6.42 Å².